The highest BCUT2D eigenvalue weighted by atomic mass is 32.2. The van der Waals surface area contributed by atoms with Crippen molar-refractivity contribution in [2.45, 2.75) is 6.42 Å². The minimum atomic E-state index is -3.35. The summed E-state index contributed by atoms with van der Waals surface area (Å²) in [5, 5.41) is 2.68. The van der Waals surface area contributed by atoms with E-state index in [-0.39, 0.29) is 12.5 Å². The molecule has 0 saturated heterocycles. The monoisotopic (exact) mass is 330 g/mol. The highest BCUT2D eigenvalue weighted by molar-refractivity contribution is 7.88. The number of carbonyl (C=O) groups excluding carboxylic acids is 1. The molecule has 0 aliphatic carbocycles. The lowest BCUT2D eigenvalue weighted by molar-refractivity contribution is -0.121. The van der Waals surface area contributed by atoms with Crippen molar-refractivity contribution in [3.05, 3.63) is 23.8 Å². The Labute approximate surface area is 131 Å². The van der Waals surface area contributed by atoms with Crippen molar-refractivity contribution in [3.63, 3.8) is 0 Å². The number of sulfonamides is 1. The molecule has 1 N–H and O–H groups in total. The molecular weight excluding hydrogens is 308 g/mol. The number of nitrogens with zero attached hydrogens (tertiary/aromatic N) is 1. The maximum absolute atomic E-state index is 11.7. The van der Waals surface area contributed by atoms with Crippen LogP contribution in [0.15, 0.2) is 18.2 Å². The molecule has 8 heteroatoms. The van der Waals surface area contributed by atoms with Crippen molar-refractivity contribution >= 4 is 15.9 Å². The van der Waals surface area contributed by atoms with Gasteiger partial charge in [-0.1, -0.05) is 6.07 Å². The third-order valence-electron chi connectivity index (χ3n) is 3.12. The van der Waals surface area contributed by atoms with Gasteiger partial charge in [-0.25, -0.2) is 8.42 Å². The lowest BCUT2D eigenvalue weighted by atomic mass is 10.1. The largest absolute Gasteiger partial charge is 0.493 e. The molecule has 0 radical (unpaired) electrons. The van der Waals surface area contributed by atoms with Crippen molar-refractivity contribution in [2.24, 2.45) is 0 Å². The number of benzene rings is 1. The molecule has 0 atom stereocenters. The van der Waals surface area contributed by atoms with Crippen LogP contribution < -0.4 is 14.8 Å². The summed E-state index contributed by atoms with van der Waals surface area (Å²) in [7, 11) is 1.14. The first-order valence-corrected chi connectivity index (χ1v) is 8.51. The summed E-state index contributed by atoms with van der Waals surface area (Å²) in [6.07, 6.45) is 1.67. The molecular formula is C14H22N2O5S. The second-order valence-corrected chi connectivity index (χ2v) is 6.90. The first-order valence-electron chi connectivity index (χ1n) is 6.67. The van der Waals surface area contributed by atoms with Gasteiger partial charge in [0, 0.05) is 13.6 Å². The van der Waals surface area contributed by atoms with Crippen molar-refractivity contribution in [3.8, 4) is 11.5 Å². The Bertz CT molecular complexity index is 616. The van der Waals surface area contributed by atoms with Crippen LogP contribution in [0.4, 0.5) is 0 Å². The van der Waals surface area contributed by atoms with E-state index in [1.165, 1.54) is 7.05 Å². The Morgan fingerprint density at radius 3 is 2.41 bits per heavy atom. The van der Waals surface area contributed by atoms with E-state index in [1.807, 2.05) is 12.1 Å². The van der Waals surface area contributed by atoms with E-state index in [2.05, 4.69) is 5.32 Å². The van der Waals surface area contributed by atoms with Gasteiger partial charge in [-0.2, -0.15) is 4.31 Å². The number of amides is 1. The third kappa shape index (κ3) is 5.53. The molecule has 0 aliphatic heterocycles. The van der Waals surface area contributed by atoms with E-state index in [0.29, 0.717) is 24.5 Å². The van der Waals surface area contributed by atoms with Crippen molar-refractivity contribution in [1.29, 1.82) is 0 Å². The average molecular weight is 330 g/mol. The summed E-state index contributed by atoms with van der Waals surface area (Å²) >= 11 is 0. The summed E-state index contributed by atoms with van der Waals surface area (Å²) in [4.78, 5) is 11.7. The first kappa shape index (κ1) is 18.2. The zero-order chi connectivity index (χ0) is 16.8. The van der Waals surface area contributed by atoms with Gasteiger partial charge in [-0.15, -0.1) is 0 Å². The van der Waals surface area contributed by atoms with E-state index in [1.54, 1.807) is 20.3 Å². The molecule has 0 spiro atoms. The van der Waals surface area contributed by atoms with E-state index < -0.39 is 10.0 Å². The van der Waals surface area contributed by atoms with Crippen LogP contribution >= 0.6 is 0 Å². The molecule has 1 rings (SSSR count). The first-order chi connectivity index (χ1) is 10.3. The molecule has 1 aromatic carbocycles. The Morgan fingerprint density at radius 1 is 1.23 bits per heavy atom. The van der Waals surface area contributed by atoms with Crippen molar-refractivity contribution < 1.29 is 22.7 Å². The topological polar surface area (TPSA) is 84.9 Å². The molecule has 0 bridgehead atoms. The summed E-state index contributed by atoms with van der Waals surface area (Å²) in [6.45, 7) is 0.219. The van der Waals surface area contributed by atoms with Gasteiger partial charge in [0.1, 0.15) is 0 Å². The van der Waals surface area contributed by atoms with Gasteiger partial charge < -0.3 is 14.8 Å². The second kappa shape index (κ2) is 8.00. The Hall–Kier alpha value is -1.80. The maximum Gasteiger partial charge on any atom is 0.235 e. The van der Waals surface area contributed by atoms with Crippen LogP contribution in [0.2, 0.25) is 0 Å². The standard InChI is InChI=1S/C14H22N2O5S/c1-16(22(4,18)19)10-14(17)15-8-7-11-5-6-12(20-2)13(9-11)21-3/h5-6,9H,7-8,10H2,1-4H3,(H,15,17). The van der Waals surface area contributed by atoms with Gasteiger partial charge in [0.2, 0.25) is 15.9 Å². The number of methoxy groups -OCH3 is 2. The normalized spacial score (nSPS) is 11.3. The minimum Gasteiger partial charge on any atom is -0.493 e. The SMILES string of the molecule is COc1ccc(CCNC(=O)CN(C)S(C)(=O)=O)cc1OC. The summed E-state index contributed by atoms with van der Waals surface area (Å²) < 4.78 is 33.8. The van der Waals surface area contributed by atoms with Gasteiger partial charge in [0.05, 0.1) is 27.0 Å². The van der Waals surface area contributed by atoms with Gasteiger partial charge in [-0.05, 0) is 24.1 Å². The van der Waals surface area contributed by atoms with Crippen LogP contribution in [0, 0.1) is 0 Å². The van der Waals surface area contributed by atoms with Gasteiger partial charge in [0.25, 0.3) is 0 Å². The minimum absolute atomic E-state index is 0.190. The highest BCUT2D eigenvalue weighted by Crippen LogP contribution is 2.27. The van der Waals surface area contributed by atoms with E-state index in [4.69, 9.17) is 9.47 Å². The van der Waals surface area contributed by atoms with Crippen LogP contribution in [0.1, 0.15) is 5.56 Å². The second-order valence-electron chi connectivity index (χ2n) is 4.81. The lowest BCUT2D eigenvalue weighted by Gasteiger charge is -2.14. The van der Waals surface area contributed by atoms with Crippen LogP contribution in [0.25, 0.3) is 0 Å². The van der Waals surface area contributed by atoms with Gasteiger partial charge >= 0.3 is 0 Å². The molecule has 0 unspecified atom stereocenters. The molecule has 1 amide bonds. The summed E-state index contributed by atoms with van der Waals surface area (Å²) in [6, 6.07) is 5.52. The summed E-state index contributed by atoms with van der Waals surface area (Å²) in [5.74, 6) is 0.932. The van der Waals surface area contributed by atoms with Crippen LogP contribution in [-0.4, -0.2) is 59.2 Å². The molecule has 22 heavy (non-hydrogen) atoms. The van der Waals surface area contributed by atoms with E-state index in [0.717, 1.165) is 16.1 Å². The number of nitrogens with one attached hydrogen (secondary N) is 1. The summed E-state index contributed by atoms with van der Waals surface area (Å²) in [5.41, 5.74) is 0.981. The number of hydrogen-bond acceptors (Lipinski definition) is 5. The fraction of sp³-hybridized carbons (Fsp3) is 0.500. The number of ether oxygens (including phenoxy) is 2. The predicted octanol–water partition coefficient (Wildman–Crippen LogP) is 0.254. The van der Waals surface area contributed by atoms with Gasteiger partial charge in [0.15, 0.2) is 11.5 Å². The number of likely N-dealkylation sites (N-methyl/N-ethyl adjacent to an activating group) is 1. The molecule has 0 aromatic heterocycles. The zero-order valence-corrected chi connectivity index (χ0v) is 14.1. The molecule has 7 nitrogen and oxygen atoms in total. The average Bonchev–Trinajstić information content (AvgIpc) is 2.45. The number of hydrogen-bond donors (Lipinski definition) is 1. The molecule has 0 fully saturated rings. The van der Waals surface area contributed by atoms with E-state index >= 15 is 0 Å². The van der Waals surface area contributed by atoms with Crippen LogP contribution in [0.3, 0.4) is 0 Å². The van der Waals surface area contributed by atoms with Crippen molar-refractivity contribution in [2.75, 3.05) is 40.6 Å². The fourth-order valence-electron chi connectivity index (χ4n) is 1.76. The fourth-order valence-corrected chi connectivity index (χ4v) is 2.11. The van der Waals surface area contributed by atoms with Crippen LogP contribution in [0.5, 0.6) is 11.5 Å². The molecule has 0 aliphatic rings. The smallest absolute Gasteiger partial charge is 0.235 e. The highest BCUT2D eigenvalue weighted by Gasteiger charge is 2.14. The maximum atomic E-state index is 11.7. The Kier molecular flexibility index (Phi) is 6.63. The molecule has 1 aromatic rings. The lowest BCUT2D eigenvalue weighted by Crippen LogP contribution is -2.38. The number of rotatable bonds is 8. The molecule has 0 saturated carbocycles. The molecule has 124 valence electrons. The number of carbonyl (C=O) groups is 1. The van der Waals surface area contributed by atoms with E-state index in [9.17, 15) is 13.2 Å². The Morgan fingerprint density at radius 2 is 1.86 bits per heavy atom. The third-order valence-corrected chi connectivity index (χ3v) is 4.38. The Balaban J connectivity index is 2.49. The van der Waals surface area contributed by atoms with Gasteiger partial charge in [-0.3, -0.25) is 4.79 Å². The quantitative estimate of drug-likeness (QED) is 0.739. The predicted molar refractivity (Wildman–Crippen MR) is 83.7 cm³/mol. The van der Waals surface area contributed by atoms with Crippen LogP contribution in [-0.2, 0) is 21.2 Å². The zero-order valence-electron chi connectivity index (χ0n) is 13.3. The molecule has 0 heterocycles. The van der Waals surface area contributed by atoms with Crippen molar-refractivity contribution in [1.82, 2.24) is 9.62 Å².